The van der Waals surface area contributed by atoms with Crippen molar-refractivity contribution in [3.63, 3.8) is 0 Å². The molecule has 0 atom stereocenters. The fourth-order valence-corrected chi connectivity index (χ4v) is 1.18. The van der Waals surface area contributed by atoms with Crippen LogP contribution in [0.3, 0.4) is 0 Å². The van der Waals surface area contributed by atoms with Crippen LogP contribution in [0.1, 0.15) is 12.7 Å². The zero-order chi connectivity index (χ0) is 11.1. The van der Waals surface area contributed by atoms with Crippen molar-refractivity contribution >= 4 is 6.21 Å². The Morgan fingerprint density at radius 1 is 1.62 bits per heavy atom. The van der Waals surface area contributed by atoms with Crippen molar-refractivity contribution in [2.24, 2.45) is 12.2 Å². The van der Waals surface area contributed by atoms with E-state index in [9.17, 15) is 0 Å². The minimum Gasteiger partial charge on any atom is -1.00 e. The van der Waals surface area contributed by atoms with E-state index in [0.29, 0.717) is 13.3 Å². The van der Waals surface area contributed by atoms with E-state index >= 15 is 0 Å². The van der Waals surface area contributed by atoms with Crippen LogP contribution in [0, 0.1) is 0 Å². The second-order valence-corrected chi connectivity index (χ2v) is 3.05. The average molecular weight is 246 g/mol. The van der Waals surface area contributed by atoms with Crippen LogP contribution in [0.5, 0.6) is 0 Å². The second kappa shape index (κ2) is 7.90. The summed E-state index contributed by atoms with van der Waals surface area (Å²) in [6.07, 6.45) is 8.98. The summed E-state index contributed by atoms with van der Waals surface area (Å²) in [6.45, 7) is 2.96. The molecule has 1 rings (SSSR count). The first-order valence-electron chi connectivity index (χ1n) is 4.70. The van der Waals surface area contributed by atoms with Gasteiger partial charge in [-0.25, -0.2) is 9.13 Å². The lowest BCUT2D eigenvalue weighted by atomic mass is 10.6. The summed E-state index contributed by atoms with van der Waals surface area (Å²) >= 11 is 0. The minimum atomic E-state index is 0. The van der Waals surface area contributed by atoms with Gasteiger partial charge in [0.25, 0.3) is 0 Å². The first kappa shape index (κ1) is 14.7. The SMILES string of the molecule is C/C=C\COCn1cc[n+](C)c1/C=N\O.[Cl-]. The highest BCUT2D eigenvalue weighted by atomic mass is 35.5. The lowest BCUT2D eigenvalue weighted by Crippen LogP contribution is -3.00. The Balaban J connectivity index is 0.00000225. The van der Waals surface area contributed by atoms with Crippen LogP contribution in [-0.2, 0) is 18.5 Å². The van der Waals surface area contributed by atoms with Gasteiger partial charge >= 0.3 is 5.82 Å². The molecule has 0 saturated heterocycles. The van der Waals surface area contributed by atoms with E-state index in [0.717, 1.165) is 5.82 Å². The fraction of sp³-hybridized carbons (Fsp3) is 0.400. The molecule has 0 amide bonds. The van der Waals surface area contributed by atoms with Crippen LogP contribution in [-0.4, -0.2) is 22.6 Å². The fourth-order valence-electron chi connectivity index (χ4n) is 1.18. The lowest BCUT2D eigenvalue weighted by Gasteiger charge is -1.98. The summed E-state index contributed by atoms with van der Waals surface area (Å²) in [5, 5.41) is 11.5. The van der Waals surface area contributed by atoms with Gasteiger partial charge in [0, 0.05) is 0 Å². The molecule has 16 heavy (non-hydrogen) atoms. The first-order valence-corrected chi connectivity index (χ1v) is 4.70. The Labute approximate surface area is 101 Å². The van der Waals surface area contributed by atoms with E-state index in [1.54, 1.807) is 0 Å². The lowest BCUT2D eigenvalue weighted by molar-refractivity contribution is -0.672. The van der Waals surface area contributed by atoms with Crippen molar-refractivity contribution in [3.8, 4) is 0 Å². The Kier molecular flexibility index (Phi) is 7.24. The Morgan fingerprint density at radius 3 is 3.00 bits per heavy atom. The van der Waals surface area contributed by atoms with Crippen LogP contribution < -0.4 is 17.0 Å². The van der Waals surface area contributed by atoms with Crippen molar-refractivity contribution < 1.29 is 26.9 Å². The third-order valence-corrected chi connectivity index (χ3v) is 1.98. The van der Waals surface area contributed by atoms with Crippen molar-refractivity contribution in [3.05, 3.63) is 30.4 Å². The van der Waals surface area contributed by atoms with Gasteiger partial charge in [-0.15, -0.1) is 0 Å². The normalized spacial score (nSPS) is 11.1. The molecule has 1 aromatic heterocycles. The number of allylic oxidation sites excluding steroid dienone is 1. The van der Waals surface area contributed by atoms with E-state index in [1.165, 1.54) is 6.21 Å². The molecular formula is C10H16ClN3O2. The standard InChI is InChI=1S/C10H15N3O2.ClH/c1-3-4-7-15-9-13-6-5-12(2)10(13)8-11-14;/h3-6,8H,7,9H2,1-2H3;1H/b4-3-;. The monoisotopic (exact) mass is 245 g/mol. The highest BCUT2D eigenvalue weighted by molar-refractivity contribution is 5.72. The van der Waals surface area contributed by atoms with Crippen molar-refractivity contribution in [2.75, 3.05) is 6.61 Å². The van der Waals surface area contributed by atoms with E-state index in [-0.39, 0.29) is 12.4 Å². The van der Waals surface area contributed by atoms with Gasteiger partial charge in [-0.1, -0.05) is 17.3 Å². The number of nitrogens with zero attached hydrogens (tertiary/aromatic N) is 3. The van der Waals surface area contributed by atoms with Gasteiger partial charge in [-0.05, 0) is 6.92 Å². The van der Waals surface area contributed by atoms with Crippen LogP contribution in [0.25, 0.3) is 0 Å². The van der Waals surface area contributed by atoms with E-state index in [1.807, 2.05) is 47.7 Å². The quantitative estimate of drug-likeness (QED) is 0.158. The highest BCUT2D eigenvalue weighted by Crippen LogP contribution is 1.93. The van der Waals surface area contributed by atoms with E-state index in [4.69, 9.17) is 9.94 Å². The zero-order valence-corrected chi connectivity index (χ0v) is 10.1. The molecule has 6 heteroatoms. The topological polar surface area (TPSA) is 50.6 Å². The zero-order valence-electron chi connectivity index (χ0n) is 9.38. The molecule has 0 aromatic carbocycles. The molecule has 1 heterocycles. The van der Waals surface area contributed by atoms with Crippen LogP contribution in [0.4, 0.5) is 0 Å². The number of oxime groups is 1. The number of rotatable bonds is 5. The average Bonchev–Trinajstić information content (AvgIpc) is 2.57. The van der Waals surface area contributed by atoms with Gasteiger partial charge in [0.15, 0.2) is 12.9 Å². The second-order valence-electron chi connectivity index (χ2n) is 3.05. The van der Waals surface area contributed by atoms with Gasteiger partial charge in [-0.3, -0.25) is 0 Å². The Bertz CT molecular complexity index is 361. The van der Waals surface area contributed by atoms with E-state index in [2.05, 4.69) is 5.16 Å². The molecule has 0 aliphatic carbocycles. The number of aryl methyl sites for hydroxylation is 1. The minimum absolute atomic E-state index is 0. The summed E-state index contributed by atoms with van der Waals surface area (Å²) in [4.78, 5) is 0. The number of aromatic nitrogens is 2. The summed E-state index contributed by atoms with van der Waals surface area (Å²) in [7, 11) is 1.87. The maximum Gasteiger partial charge on any atom is 0.305 e. The Morgan fingerprint density at radius 2 is 2.38 bits per heavy atom. The largest absolute Gasteiger partial charge is 1.00 e. The number of ether oxygens (including phenoxy) is 1. The predicted octanol–water partition coefficient (Wildman–Crippen LogP) is -2.33. The first-order chi connectivity index (χ1) is 7.29. The number of halogens is 1. The summed E-state index contributed by atoms with van der Waals surface area (Å²) in [5.74, 6) is 0.776. The number of hydrogen-bond donors (Lipinski definition) is 1. The van der Waals surface area contributed by atoms with Crippen molar-refractivity contribution in [1.29, 1.82) is 0 Å². The molecule has 0 spiro atoms. The van der Waals surface area contributed by atoms with Crippen LogP contribution in [0.15, 0.2) is 29.7 Å². The molecule has 5 nitrogen and oxygen atoms in total. The molecule has 90 valence electrons. The van der Waals surface area contributed by atoms with Crippen molar-refractivity contribution in [2.45, 2.75) is 13.7 Å². The molecule has 0 fully saturated rings. The third-order valence-electron chi connectivity index (χ3n) is 1.98. The molecule has 1 N–H and O–H groups in total. The highest BCUT2D eigenvalue weighted by Gasteiger charge is 2.11. The summed E-state index contributed by atoms with van der Waals surface area (Å²) < 4.78 is 9.08. The summed E-state index contributed by atoms with van der Waals surface area (Å²) in [6, 6.07) is 0. The van der Waals surface area contributed by atoms with E-state index < -0.39 is 0 Å². The molecule has 0 aliphatic rings. The van der Waals surface area contributed by atoms with Gasteiger partial charge in [0.1, 0.15) is 12.4 Å². The third kappa shape index (κ3) is 4.04. The smallest absolute Gasteiger partial charge is 0.305 e. The molecular weight excluding hydrogens is 230 g/mol. The molecule has 0 bridgehead atoms. The van der Waals surface area contributed by atoms with Gasteiger partial charge in [0.2, 0.25) is 0 Å². The van der Waals surface area contributed by atoms with Crippen molar-refractivity contribution in [1.82, 2.24) is 4.57 Å². The maximum atomic E-state index is 8.49. The van der Waals surface area contributed by atoms with Gasteiger partial charge in [-0.2, -0.15) is 0 Å². The molecule has 0 aliphatic heterocycles. The number of hydrogen-bond acceptors (Lipinski definition) is 3. The molecule has 0 saturated carbocycles. The van der Waals surface area contributed by atoms with Gasteiger partial charge in [0.05, 0.1) is 13.7 Å². The van der Waals surface area contributed by atoms with Crippen LogP contribution >= 0.6 is 0 Å². The van der Waals surface area contributed by atoms with Gasteiger partial charge < -0.3 is 22.4 Å². The molecule has 1 aromatic rings. The predicted molar refractivity (Wildman–Crippen MR) is 55.8 cm³/mol. The molecule has 0 unspecified atom stereocenters. The summed E-state index contributed by atoms with van der Waals surface area (Å²) in [5.41, 5.74) is 0. The van der Waals surface area contributed by atoms with Crippen LogP contribution in [0.2, 0.25) is 0 Å². The number of imidazole rings is 1. The Hall–Kier alpha value is -1.33. The maximum absolute atomic E-state index is 8.49. The molecule has 0 radical (unpaired) electrons.